The molecule has 8 heteroatoms. The molecule has 0 saturated carbocycles. The molecule has 4 heterocycles. The molecule has 2 aromatic carbocycles. The van der Waals surface area contributed by atoms with E-state index in [1.807, 2.05) is 70.1 Å². The van der Waals surface area contributed by atoms with Crippen molar-refractivity contribution in [2.24, 2.45) is 4.99 Å². The van der Waals surface area contributed by atoms with Crippen LogP contribution in [0.25, 0.3) is 16.9 Å². The van der Waals surface area contributed by atoms with Crippen LogP contribution in [-0.4, -0.2) is 69.9 Å². The van der Waals surface area contributed by atoms with Gasteiger partial charge in [0.1, 0.15) is 0 Å². The second-order valence-corrected chi connectivity index (χ2v) is 9.05. The summed E-state index contributed by atoms with van der Waals surface area (Å²) in [6.45, 7) is 6.56. The summed E-state index contributed by atoms with van der Waals surface area (Å²) in [5.41, 5.74) is 6.62. The van der Waals surface area contributed by atoms with Crippen molar-refractivity contribution < 1.29 is 9.59 Å². The van der Waals surface area contributed by atoms with Gasteiger partial charge in [0, 0.05) is 61.6 Å². The first kappa shape index (κ1) is 22.2. The van der Waals surface area contributed by atoms with Crippen molar-refractivity contribution in [3.8, 4) is 11.3 Å². The lowest BCUT2D eigenvalue weighted by atomic mass is 10.0. The zero-order chi connectivity index (χ0) is 24.6. The van der Waals surface area contributed by atoms with Crippen LogP contribution >= 0.6 is 0 Å². The van der Waals surface area contributed by atoms with E-state index in [0.717, 1.165) is 66.6 Å². The highest BCUT2D eigenvalue weighted by molar-refractivity contribution is 6.13. The van der Waals surface area contributed by atoms with Gasteiger partial charge in [0.2, 0.25) is 0 Å². The third kappa shape index (κ3) is 3.95. The molecule has 8 nitrogen and oxygen atoms in total. The topological polar surface area (TPSA) is 82.3 Å². The van der Waals surface area contributed by atoms with Crippen LogP contribution in [0.3, 0.4) is 0 Å². The number of benzene rings is 2. The molecule has 2 amide bonds. The van der Waals surface area contributed by atoms with Gasteiger partial charge in [-0.15, -0.1) is 0 Å². The Morgan fingerprint density at radius 1 is 1.00 bits per heavy atom. The number of hydrogen-bond acceptors (Lipinski definition) is 5. The standard InChI is InChI=1S/C28H26N6O2/c1-2-32-13-15-33(16-14-32)28(36)19-3-6-22(7-4-19)31-24-9-10-25(34-12-11-29-26(24)34)20-5-8-23-21(17-20)18-30-27(23)35/h3-12,17-18,31H,2,13-16H2,1H3. The van der Waals surface area contributed by atoms with Gasteiger partial charge < -0.3 is 15.1 Å². The van der Waals surface area contributed by atoms with Crippen LogP contribution in [0, 0.1) is 0 Å². The Bertz CT molecular complexity index is 1500. The second kappa shape index (κ2) is 9.05. The first-order valence-electron chi connectivity index (χ1n) is 12.2. The van der Waals surface area contributed by atoms with Crippen LogP contribution in [0.2, 0.25) is 0 Å². The number of anilines is 2. The first-order valence-corrected chi connectivity index (χ1v) is 12.2. The van der Waals surface area contributed by atoms with E-state index < -0.39 is 0 Å². The van der Waals surface area contributed by atoms with E-state index in [4.69, 9.17) is 0 Å². The maximum absolute atomic E-state index is 12.9. The minimum absolute atomic E-state index is 0.0818. The predicted molar refractivity (Wildman–Crippen MR) is 140 cm³/mol. The van der Waals surface area contributed by atoms with Crippen LogP contribution < -0.4 is 5.32 Å². The molecule has 6 rings (SSSR count). The maximum atomic E-state index is 12.9. The molecule has 1 fully saturated rings. The van der Waals surface area contributed by atoms with Crippen molar-refractivity contribution in [1.29, 1.82) is 0 Å². The van der Waals surface area contributed by atoms with Gasteiger partial charge in [0.25, 0.3) is 11.8 Å². The molecule has 0 unspecified atom stereocenters. The number of likely N-dealkylation sites (N-methyl/N-ethyl adjacent to an activating group) is 1. The molecule has 0 atom stereocenters. The number of aromatic nitrogens is 2. The van der Waals surface area contributed by atoms with Crippen molar-refractivity contribution in [2.45, 2.75) is 6.92 Å². The zero-order valence-corrected chi connectivity index (χ0v) is 20.0. The number of imidazole rings is 1. The van der Waals surface area contributed by atoms with Gasteiger partial charge in [-0.3, -0.25) is 14.0 Å². The van der Waals surface area contributed by atoms with Gasteiger partial charge >= 0.3 is 0 Å². The number of rotatable bonds is 5. The zero-order valence-electron chi connectivity index (χ0n) is 20.0. The average Bonchev–Trinajstić information content (AvgIpc) is 3.56. The van der Waals surface area contributed by atoms with Gasteiger partial charge in [0.15, 0.2) is 5.65 Å². The van der Waals surface area contributed by atoms with Crippen molar-refractivity contribution in [3.63, 3.8) is 0 Å². The summed E-state index contributed by atoms with van der Waals surface area (Å²) in [6.07, 6.45) is 5.30. The Hall–Kier alpha value is -4.30. The molecule has 1 N–H and O–H groups in total. The number of aliphatic imine (C=N–C) groups is 1. The number of nitrogens with zero attached hydrogens (tertiary/aromatic N) is 5. The monoisotopic (exact) mass is 478 g/mol. The quantitative estimate of drug-likeness (QED) is 0.467. The molecule has 2 aromatic heterocycles. The smallest absolute Gasteiger partial charge is 0.277 e. The van der Waals surface area contributed by atoms with E-state index in [2.05, 4.69) is 27.1 Å². The van der Waals surface area contributed by atoms with Crippen LogP contribution in [0.15, 0.2) is 72.0 Å². The van der Waals surface area contributed by atoms with Crippen molar-refractivity contribution in [2.75, 3.05) is 38.0 Å². The summed E-state index contributed by atoms with van der Waals surface area (Å²) >= 11 is 0. The normalized spacial score (nSPS) is 15.5. The number of fused-ring (bicyclic) bond motifs is 2. The molecular formula is C28H26N6O2. The maximum Gasteiger partial charge on any atom is 0.277 e. The highest BCUT2D eigenvalue weighted by Crippen LogP contribution is 2.29. The molecule has 2 aliphatic heterocycles. The van der Waals surface area contributed by atoms with E-state index >= 15 is 0 Å². The van der Waals surface area contributed by atoms with Crippen molar-refractivity contribution >= 4 is 35.1 Å². The van der Waals surface area contributed by atoms with Crippen LogP contribution in [0.1, 0.15) is 33.2 Å². The summed E-state index contributed by atoms with van der Waals surface area (Å²) in [5.74, 6) is -0.117. The molecular weight excluding hydrogens is 452 g/mol. The summed E-state index contributed by atoms with van der Waals surface area (Å²) in [4.78, 5) is 37.5. The van der Waals surface area contributed by atoms with Crippen molar-refractivity contribution in [1.82, 2.24) is 19.2 Å². The molecule has 2 aliphatic rings. The Balaban J connectivity index is 1.21. The number of hydrogen-bond donors (Lipinski definition) is 1. The van der Waals surface area contributed by atoms with E-state index in [9.17, 15) is 9.59 Å². The molecule has 0 spiro atoms. The highest BCUT2D eigenvalue weighted by atomic mass is 16.2. The fourth-order valence-corrected chi connectivity index (χ4v) is 4.87. The molecule has 36 heavy (non-hydrogen) atoms. The minimum atomic E-state index is -0.198. The Morgan fingerprint density at radius 3 is 2.58 bits per heavy atom. The number of carbonyl (C=O) groups excluding carboxylic acids is 2. The van der Waals surface area contributed by atoms with E-state index in [0.29, 0.717) is 11.1 Å². The molecule has 0 aliphatic carbocycles. The van der Waals surface area contributed by atoms with Crippen LogP contribution in [0.5, 0.6) is 0 Å². The minimum Gasteiger partial charge on any atom is -0.352 e. The fourth-order valence-electron chi connectivity index (χ4n) is 4.87. The number of nitrogens with one attached hydrogen (secondary N) is 1. The first-order chi connectivity index (χ1) is 17.6. The van der Waals surface area contributed by atoms with Gasteiger partial charge in [-0.1, -0.05) is 13.0 Å². The van der Waals surface area contributed by atoms with E-state index in [1.54, 1.807) is 12.4 Å². The number of amides is 2. The average molecular weight is 479 g/mol. The number of carbonyl (C=O) groups is 2. The number of pyridine rings is 1. The second-order valence-electron chi connectivity index (χ2n) is 9.05. The predicted octanol–water partition coefficient (Wildman–Crippen LogP) is 4.10. The van der Waals surface area contributed by atoms with Crippen molar-refractivity contribution in [3.05, 3.63) is 83.7 Å². The molecule has 4 aromatic rings. The van der Waals surface area contributed by atoms with Gasteiger partial charge in [-0.25, -0.2) is 9.98 Å². The molecule has 180 valence electrons. The molecule has 1 saturated heterocycles. The Kier molecular flexibility index (Phi) is 5.58. The fraction of sp³-hybridized carbons (Fsp3) is 0.214. The third-order valence-electron chi connectivity index (χ3n) is 6.97. The number of piperazine rings is 1. The lowest BCUT2D eigenvalue weighted by Gasteiger charge is -2.34. The Morgan fingerprint density at radius 2 is 1.81 bits per heavy atom. The SMILES string of the molecule is CCN1CCN(C(=O)c2ccc(Nc3ccc(-c4ccc5c(c4)C=NC5=O)n4ccnc34)cc2)CC1. The van der Waals surface area contributed by atoms with Gasteiger partial charge in [0.05, 0.1) is 16.9 Å². The summed E-state index contributed by atoms with van der Waals surface area (Å²) in [7, 11) is 0. The highest BCUT2D eigenvalue weighted by Gasteiger charge is 2.21. The largest absolute Gasteiger partial charge is 0.352 e. The lowest BCUT2D eigenvalue weighted by molar-refractivity contribution is 0.0643. The van der Waals surface area contributed by atoms with Gasteiger partial charge in [-0.2, -0.15) is 0 Å². The summed E-state index contributed by atoms with van der Waals surface area (Å²) in [6, 6.07) is 17.4. The summed E-state index contributed by atoms with van der Waals surface area (Å²) in [5, 5.41) is 3.44. The van der Waals surface area contributed by atoms with E-state index in [1.165, 1.54) is 0 Å². The lowest BCUT2D eigenvalue weighted by Crippen LogP contribution is -2.48. The van der Waals surface area contributed by atoms with Gasteiger partial charge in [-0.05, 0) is 60.6 Å². The molecule has 0 radical (unpaired) electrons. The van der Waals surface area contributed by atoms with Crippen LogP contribution in [-0.2, 0) is 0 Å². The molecule has 0 bridgehead atoms. The van der Waals surface area contributed by atoms with E-state index in [-0.39, 0.29) is 11.8 Å². The van der Waals surface area contributed by atoms with Crippen LogP contribution in [0.4, 0.5) is 11.4 Å². The third-order valence-corrected chi connectivity index (χ3v) is 6.97. The summed E-state index contributed by atoms with van der Waals surface area (Å²) < 4.78 is 2.02. The Labute approximate surface area is 208 Å².